The van der Waals surface area contributed by atoms with Gasteiger partial charge < -0.3 is 35.8 Å². The Kier molecular flexibility index (Phi) is 26.2. The van der Waals surface area contributed by atoms with E-state index in [1.165, 1.54) is 0 Å². The average Bonchev–Trinajstić information content (AvgIpc) is 2.78. The van der Waals surface area contributed by atoms with E-state index in [0.717, 1.165) is 31.5 Å². The van der Waals surface area contributed by atoms with E-state index in [2.05, 4.69) is 58.9 Å². The van der Waals surface area contributed by atoms with Crippen molar-refractivity contribution in [3.63, 3.8) is 0 Å². The van der Waals surface area contributed by atoms with Crippen molar-refractivity contribution < 1.29 is 37.3 Å². The first-order chi connectivity index (χ1) is 16.7. The van der Waals surface area contributed by atoms with Gasteiger partial charge in [-0.25, -0.2) is 0 Å². The number of aliphatic hydroxyl groups excluding tert-OH is 2. The fraction of sp³-hybridized carbons (Fsp3) is 1.00. The molecule has 36 heavy (non-hydrogen) atoms. The highest BCUT2D eigenvalue weighted by molar-refractivity contribution is 6.87. The van der Waals surface area contributed by atoms with Crippen LogP contribution in [0.1, 0.15) is 42.0 Å². The van der Waals surface area contributed by atoms with Crippen LogP contribution in [0.3, 0.4) is 0 Å². The predicted molar refractivity (Wildman–Crippen MR) is 171 cm³/mol. The van der Waals surface area contributed by atoms with E-state index in [0.29, 0.717) is 6.61 Å². The fourth-order valence-electron chi connectivity index (χ4n) is 3.47. The first-order valence-corrected chi connectivity index (χ1v) is 29.1. The van der Waals surface area contributed by atoms with Gasteiger partial charge in [-0.2, -0.15) is 0 Å². The summed E-state index contributed by atoms with van der Waals surface area (Å²) in [6.45, 7) is 28.5. The standard InChI is InChI=1S/C18H50O8Si6.2C2H6.H2/c1-27-23-30(6,7)25-32(9,15-11-13-22-29(3,4)5)26-31(8,24-28-2)14-10-12-21-17-18(20)16-19;2*1-2;/h18-20H,10-17,27-28H2,1-9H3;2*1-2H3;1H. The van der Waals surface area contributed by atoms with Crippen molar-refractivity contribution in [2.45, 2.75) is 118 Å². The zero-order valence-corrected chi connectivity index (χ0v) is 32.8. The quantitative estimate of drug-likeness (QED) is 0.151. The van der Waals surface area contributed by atoms with Gasteiger partial charge in [0.15, 0.2) is 8.32 Å². The molecule has 0 aromatic heterocycles. The van der Waals surface area contributed by atoms with Crippen LogP contribution in [0.25, 0.3) is 0 Å². The molecule has 224 valence electrons. The molecular weight excluding hydrogens is 561 g/mol. The van der Waals surface area contributed by atoms with Gasteiger partial charge in [0.1, 0.15) is 25.6 Å². The van der Waals surface area contributed by atoms with Crippen LogP contribution in [0.15, 0.2) is 0 Å². The summed E-state index contributed by atoms with van der Waals surface area (Å²) in [6.07, 6.45) is 0.875. The molecule has 0 radical (unpaired) electrons. The zero-order chi connectivity index (χ0) is 28.9. The molecular formula is C22H64O8Si6. The lowest BCUT2D eigenvalue weighted by atomic mass is 10.4. The van der Waals surface area contributed by atoms with Crippen molar-refractivity contribution in [3.8, 4) is 0 Å². The van der Waals surface area contributed by atoms with E-state index in [-0.39, 0.29) is 14.6 Å². The minimum absolute atomic E-state index is 0. The van der Waals surface area contributed by atoms with Crippen LogP contribution in [0, 0.1) is 0 Å². The first kappa shape index (κ1) is 41.5. The van der Waals surface area contributed by atoms with Gasteiger partial charge in [0.2, 0.25) is 0 Å². The maximum atomic E-state index is 9.42. The van der Waals surface area contributed by atoms with Gasteiger partial charge in [0, 0.05) is 14.6 Å². The number of hydrogen-bond acceptors (Lipinski definition) is 8. The molecule has 3 atom stereocenters. The fourth-order valence-corrected chi connectivity index (χ4v) is 22.7. The highest BCUT2D eigenvalue weighted by Gasteiger charge is 2.46. The molecule has 2 N–H and O–H groups in total. The molecule has 0 aromatic carbocycles. The topological polar surface area (TPSA) is 95.8 Å². The molecule has 0 bridgehead atoms. The third kappa shape index (κ3) is 24.1. The monoisotopic (exact) mass is 624 g/mol. The first-order valence-electron chi connectivity index (χ1n) is 13.9. The van der Waals surface area contributed by atoms with Gasteiger partial charge in [-0.1, -0.05) is 40.8 Å². The number of ether oxygens (including phenoxy) is 1. The van der Waals surface area contributed by atoms with Crippen LogP contribution in [-0.2, 0) is 25.6 Å². The second-order valence-electron chi connectivity index (χ2n) is 9.82. The Balaban J connectivity index is -0.00000103. The Morgan fingerprint density at radius 1 is 0.750 bits per heavy atom. The van der Waals surface area contributed by atoms with Gasteiger partial charge >= 0.3 is 25.7 Å². The van der Waals surface area contributed by atoms with Crippen LogP contribution in [-0.4, -0.2) is 96.3 Å². The van der Waals surface area contributed by atoms with Gasteiger partial charge in [-0.15, -0.1) is 0 Å². The van der Waals surface area contributed by atoms with Crippen LogP contribution >= 0.6 is 0 Å². The lowest BCUT2D eigenvalue weighted by Gasteiger charge is -2.41. The lowest BCUT2D eigenvalue weighted by Crippen LogP contribution is -2.57. The predicted octanol–water partition coefficient (Wildman–Crippen LogP) is 4.46. The molecule has 0 amide bonds. The summed E-state index contributed by atoms with van der Waals surface area (Å²) in [7, 11) is -9.99. The molecule has 0 aliphatic rings. The maximum Gasteiger partial charge on any atom is 0.317 e. The molecule has 0 aromatic rings. The maximum absolute atomic E-state index is 9.42. The smallest absolute Gasteiger partial charge is 0.317 e. The largest absolute Gasteiger partial charge is 0.442 e. The number of aliphatic hydroxyl groups is 2. The Labute approximate surface area is 234 Å². The highest BCUT2D eigenvalue weighted by atomic mass is 28.5. The van der Waals surface area contributed by atoms with E-state index in [4.69, 9.17) is 30.7 Å². The van der Waals surface area contributed by atoms with Crippen LogP contribution in [0.2, 0.25) is 71.0 Å². The summed E-state index contributed by atoms with van der Waals surface area (Å²) in [6, 6.07) is 1.67. The molecule has 0 aliphatic heterocycles. The Morgan fingerprint density at radius 3 is 1.72 bits per heavy atom. The molecule has 0 rings (SSSR count). The summed E-state index contributed by atoms with van der Waals surface area (Å²) < 4.78 is 37.6. The van der Waals surface area contributed by atoms with Crippen molar-refractivity contribution in [2.75, 3.05) is 26.4 Å². The third-order valence-corrected chi connectivity index (χ3v) is 22.9. The van der Waals surface area contributed by atoms with Gasteiger partial charge in [-0.3, -0.25) is 0 Å². The second-order valence-corrected chi connectivity index (χ2v) is 27.8. The third-order valence-electron chi connectivity index (χ3n) is 4.59. The lowest BCUT2D eigenvalue weighted by molar-refractivity contribution is 0.00624. The number of hydrogen-bond donors (Lipinski definition) is 2. The van der Waals surface area contributed by atoms with E-state index in [1.54, 1.807) is 0 Å². The molecule has 0 fully saturated rings. The summed E-state index contributed by atoms with van der Waals surface area (Å²) in [4.78, 5) is 0. The normalized spacial score (nSPS) is 16.8. The summed E-state index contributed by atoms with van der Waals surface area (Å²) in [5.74, 6) is 0. The van der Waals surface area contributed by atoms with Crippen molar-refractivity contribution in [1.29, 1.82) is 0 Å². The van der Waals surface area contributed by atoms with Gasteiger partial charge in [0.25, 0.3) is 0 Å². The van der Waals surface area contributed by atoms with E-state index in [1.807, 2.05) is 27.7 Å². The van der Waals surface area contributed by atoms with E-state index in [9.17, 15) is 5.11 Å². The van der Waals surface area contributed by atoms with Crippen LogP contribution < -0.4 is 0 Å². The van der Waals surface area contributed by atoms with Crippen LogP contribution in [0.5, 0.6) is 0 Å². The Bertz CT molecular complexity index is 508. The molecule has 8 nitrogen and oxygen atoms in total. The summed E-state index contributed by atoms with van der Waals surface area (Å²) in [5, 5.41) is 18.3. The molecule has 0 saturated heterocycles. The van der Waals surface area contributed by atoms with Crippen molar-refractivity contribution >= 4 is 53.5 Å². The van der Waals surface area contributed by atoms with E-state index < -0.39 is 59.6 Å². The highest BCUT2D eigenvalue weighted by Crippen LogP contribution is 2.29. The average molecular weight is 625 g/mol. The van der Waals surface area contributed by atoms with E-state index >= 15 is 0 Å². The molecule has 14 heteroatoms. The minimum Gasteiger partial charge on any atom is -0.442 e. The number of rotatable bonds is 20. The van der Waals surface area contributed by atoms with Gasteiger partial charge in [-0.05, 0) is 70.8 Å². The van der Waals surface area contributed by atoms with Crippen molar-refractivity contribution in [2.24, 2.45) is 0 Å². The molecule has 0 aliphatic carbocycles. The van der Waals surface area contributed by atoms with Gasteiger partial charge in [0.05, 0.1) is 13.2 Å². The SMILES string of the molecule is CC.CC.C[SiH2]O[Si](C)(C)O[Si](C)(CCCO[Si](C)(C)C)O[Si](C)(CCCOCC(O)CO)O[SiH2]C.[HH]. The Hall–Kier alpha value is 0.981. The van der Waals surface area contributed by atoms with Crippen molar-refractivity contribution in [3.05, 3.63) is 0 Å². The summed E-state index contributed by atoms with van der Waals surface area (Å²) >= 11 is 0. The zero-order valence-electron chi connectivity index (χ0n) is 26.0. The molecule has 3 unspecified atom stereocenters. The second kappa shape index (κ2) is 22.8. The van der Waals surface area contributed by atoms with Crippen molar-refractivity contribution in [1.82, 2.24) is 0 Å². The summed E-state index contributed by atoms with van der Waals surface area (Å²) in [5.41, 5.74) is 0. The molecule has 0 saturated carbocycles. The van der Waals surface area contributed by atoms with Crippen LogP contribution in [0.4, 0.5) is 0 Å². The molecule has 0 heterocycles. The molecule has 0 spiro atoms. The minimum atomic E-state index is -2.54. The Morgan fingerprint density at radius 2 is 1.25 bits per heavy atom.